The Labute approximate surface area is 176 Å². The van der Waals surface area contributed by atoms with Crippen molar-refractivity contribution in [2.24, 2.45) is 5.10 Å². The molecular weight excluding hydrogens is 446 g/mol. The number of hydrogen-bond donors (Lipinski definition) is 2. The summed E-state index contributed by atoms with van der Waals surface area (Å²) in [5, 5.41) is 4.11. The third kappa shape index (κ3) is 4.71. The zero-order valence-corrected chi connectivity index (χ0v) is 16.6. The van der Waals surface area contributed by atoms with Gasteiger partial charge in [-0.25, -0.2) is 9.78 Å². The average Bonchev–Trinajstić information content (AvgIpc) is 2.67. The Kier molecular flexibility index (Phi) is 5.99. The molecule has 1 aromatic carbocycles. The average molecular weight is 458 g/mol. The fourth-order valence-electron chi connectivity index (χ4n) is 2.39. The number of hydrazone groups is 1. The molecule has 2 aromatic heterocycles. The third-order valence-corrected chi connectivity index (χ3v) is 4.47. The lowest BCUT2D eigenvalue weighted by Gasteiger charge is -2.10. The van der Waals surface area contributed by atoms with Crippen molar-refractivity contribution in [3.63, 3.8) is 0 Å². The molecule has 2 heterocycles. The topological polar surface area (TPSA) is 92.1 Å². The molecule has 0 aliphatic carbocycles. The molecular formula is C18H12Cl2F3N5O2. The SMILES string of the molecule is CC(=NNc1ncc(C(F)(F)F)cc1Cl)c1cn(-c2ccc(Cl)cc2)c(=O)[nH]c1=O. The van der Waals surface area contributed by atoms with E-state index < -0.39 is 23.0 Å². The quantitative estimate of drug-likeness (QED) is 0.455. The van der Waals surface area contributed by atoms with Crippen LogP contribution in [0.2, 0.25) is 10.0 Å². The van der Waals surface area contributed by atoms with E-state index in [1.54, 1.807) is 24.3 Å². The first kappa shape index (κ1) is 21.6. The van der Waals surface area contributed by atoms with E-state index in [1.165, 1.54) is 17.7 Å². The van der Waals surface area contributed by atoms with Crippen molar-refractivity contribution in [1.29, 1.82) is 0 Å². The summed E-state index contributed by atoms with van der Waals surface area (Å²) in [6, 6.07) is 7.03. The molecule has 0 saturated heterocycles. The van der Waals surface area contributed by atoms with E-state index in [9.17, 15) is 22.8 Å². The van der Waals surface area contributed by atoms with Gasteiger partial charge in [0.2, 0.25) is 0 Å². The number of anilines is 1. The molecule has 12 heteroatoms. The first-order chi connectivity index (χ1) is 14.1. The summed E-state index contributed by atoms with van der Waals surface area (Å²) in [7, 11) is 0. The lowest BCUT2D eigenvalue weighted by atomic mass is 10.2. The zero-order valence-electron chi connectivity index (χ0n) is 15.1. The summed E-state index contributed by atoms with van der Waals surface area (Å²) in [6.45, 7) is 1.46. The van der Waals surface area contributed by atoms with Crippen LogP contribution in [0.1, 0.15) is 18.1 Å². The molecule has 3 aromatic rings. The molecule has 156 valence electrons. The Bertz CT molecular complexity index is 1230. The maximum atomic E-state index is 12.7. The summed E-state index contributed by atoms with van der Waals surface area (Å²) in [5.41, 5.74) is 0.679. The number of nitrogens with one attached hydrogen (secondary N) is 2. The van der Waals surface area contributed by atoms with Gasteiger partial charge in [-0.2, -0.15) is 18.3 Å². The molecule has 0 spiro atoms. The number of hydrogen-bond acceptors (Lipinski definition) is 5. The molecule has 3 rings (SSSR count). The van der Waals surface area contributed by atoms with Crippen LogP contribution in [0.3, 0.4) is 0 Å². The first-order valence-corrected chi connectivity index (χ1v) is 8.97. The highest BCUT2D eigenvalue weighted by Gasteiger charge is 2.31. The van der Waals surface area contributed by atoms with Gasteiger partial charge in [-0.3, -0.25) is 19.8 Å². The molecule has 0 radical (unpaired) electrons. The van der Waals surface area contributed by atoms with Gasteiger partial charge in [0, 0.05) is 17.4 Å². The highest BCUT2D eigenvalue weighted by molar-refractivity contribution is 6.33. The second-order valence-corrected chi connectivity index (χ2v) is 6.85. The largest absolute Gasteiger partial charge is 0.417 e. The predicted octanol–water partition coefficient (Wildman–Crippen LogP) is 4.08. The molecule has 0 atom stereocenters. The second-order valence-electron chi connectivity index (χ2n) is 6.01. The minimum atomic E-state index is -4.59. The van der Waals surface area contributed by atoms with Gasteiger partial charge in [-0.05, 0) is 37.3 Å². The minimum Gasteiger partial charge on any atom is -0.273 e. The Morgan fingerprint density at radius 1 is 1.20 bits per heavy atom. The number of benzene rings is 1. The molecule has 30 heavy (non-hydrogen) atoms. The van der Waals surface area contributed by atoms with Crippen molar-refractivity contribution < 1.29 is 13.2 Å². The van der Waals surface area contributed by atoms with E-state index in [0.717, 1.165) is 0 Å². The number of alkyl halides is 3. The van der Waals surface area contributed by atoms with Crippen LogP contribution in [0.15, 0.2) is 57.4 Å². The van der Waals surface area contributed by atoms with Crippen molar-refractivity contribution in [3.8, 4) is 5.69 Å². The molecule has 0 fully saturated rings. The van der Waals surface area contributed by atoms with Gasteiger partial charge in [-0.15, -0.1) is 0 Å². The monoisotopic (exact) mass is 457 g/mol. The van der Waals surface area contributed by atoms with Crippen LogP contribution in [0.4, 0.5) is 19.0 Å². The van der Waals surface area contributed by atoms with Crippen LogP contribution in [0.25, 0.3) is 5.69 Å². The van der Waals surface area contributed by atoms with Crippen molar-refractivity contribution in [2.45, 2.75) is 13.1 Å². The molecule has 0 bridgehead atoms. The van der Waals surface area contributed by atoms with E-state index in [4.69, 9.17) is 23.2 Å². The van der Waals surface area contributed by atoms with Crippen LogP contribution in [-0.2, 0) is 6.18 Å². The summed E-state index contributed by atoms with van der Waals surface area (Å²) in [4.78, 5) is 30.1. The molecule has 0 saturated carbocycles. The summed E-state index contributed by atoms with van der Waals surface area (Å²) in [6.07, 6.45) is -2.70. The lowest BCUT2D eigenvalue weighted by Crippen LogP contribution is -2.32. The number of rotatable bonds is 4. The number of aromatic nitrogens is 3. The highest BCUT2D eigenvalue weighted by atomic mass is 35.5. The molecule has 2 N–H and O–H groups in total. The van der Waals surface area contributed by atoms with Gasteiger partial charge in [0.25, 0.3) is 5.56 Å². The number of halogens is 5. The van der Waals surface area contributed by atoms with Gasteiger partial charge < -0.3 is 0 Å². The standard InChI is InChI=1S/C18H12Cl2F3N5O2/c1-9(26-27-15-14(20)6-10(7-24-15)18(21,22)23)13-8-28(17(30)25-16(13)29)12-4-2-11(19)3-5-12/h2-8H,1H3,(H,24,27)(H,25,29,30). The summed E-state index contributed by atoms with van der Waals surface area (Å²) < 4.78 is 39.3. The Morgan fingerprint density at radius 2 is 1.87 bits per heavy atom. The van der Waals surface area contributed by atoms with E-state index in [-0.39, 0.29) is 22.1 Å². The number of pyridine rings is 1. The molecule has 7 nitrogen and oxygen atoms in total. The van der Waals surface area contributed by atoms with Crippen molar-refractivity contribution in [2.75, 3.05) is 5.43 Å². The Balaban J connectivity index is 1.93. The van der Waals surface area contributed by atoms with E-state index in [0.29, 0.717) is 23.0 Å². The highest BCUT2D eigenvalue weighted by Crippen LogP contribution is 2.32. The van der Waals surface area contributed by atoms with Crippen molar-refractivity contribution in [1.82, 2.24) is 14.5 Å². The van der Waals surface area contributed by atoms with Crippen LogP contribution in [0, 0.1) is 0 Å². The first-order valence-electron chi connectivity index (χ1n) is 8.21. The fraction of sp³-hybridized carbons (Fsp3) is 0.111. The summed E-state index contributed by atoms with van der Waals surface area (Å²) in [5.74, 6) is -0.133. The van der Waals surface area contributed by atoms with Crippen LogP contribution >= 0.6 is 23.2 Å². The predicted molar refractivity (Wildman–Crippen MR) is 108 cm³/mol. The van der Waals surface area contributed by atoms with Crippen molar-refractivity contribution >= 4 is 34.7 Å². The Hall–Kier alpha value is -3.11. The van der Waals surface area contributed by atoms with E-state index in [2.05, 4.69) is 20.5 Å². The fourth-order valence-corrected chi connectivity index (χ4v) is 2.73. The molecule has 0 amide bonds. The number of aromatic amines is 1. The van der Waals surface area contributed by atoms with Gasteiger partial charge in [0.05, 0.1) is 27.5 Å². The van der Waals surface area contributed by atoms with E-state index >= 15 is 0 Å². The Morgan fingerprint density at radius 3 is 2.47 bits per heavy atom. The molecule has 0 aliphatic rings. The maximum Gasteiger partial charge on any atom is 0.417 e. The van der Waals surface area contributed by atoms with E-state index in [1.807, 2.05) is 0 Å². The number of H-pyrrole nitrogens is 1. The third-order valence-electron chi connectivity index (χ3n) is 3.93. The van der Waals surface area contributed by atoms with Gasteiger partial charge >= 0.3 is 11.9 Å². The maximum absolute atomic E-state index is 12.7. The van der Waals surface area contributed by atoms with Crippen LogP contribution < -0.4 is 16.7 Å². The van der Waals surface area contributed by atoms with Crippen LogP contribution in [0.5, 0.6) is 0 Å². The zero-order chi connectivity index (χ0) is 22.1. The normalized spacial score (nSPS) is 12.1. The lowest BCUT2D eigenvalue weighted by molar-refractivity contribution is -0.137. The second kappa shape index (κ2) is 8.33. The molecule has 0 aliphatic heterocycles. The molecule has 0 unspecified atom stereocenters. The summed E-state index contributed by atoms with van der Waals surface area (Å²) >= 11 is 11.7. The van der Waals surface area contributed by atoms with Gasteiger partial charge in [0.15, 0.2) is 5.82 Å². The van der Waals surface area contributed by atoms with Gasteiger partial charge in [-0.1, -0.05) is 23.2 Å². The van der Waals surface area contributed by atoms with Crippen molar-refractivity contribution in [3.05, 3.63) is 84.7 Å². The number of nitrogens with zero attached hydrogens (tertiary/aromatic N) is 3. The smallest absolute Gasteiger partial charge is 0.273 e. The minimum absolute atomic E-state index is 0.0417. The van der Waals surface area contributed by atoms with Crippen LogP contribution in [-0.4, -0.2) is 20.2 Å². The van der Waals surface area contributed by atoms with Gasteiger partial charge in [0.1, 0.15) is 0 Å².